The molecule has 2 heterocycles. The van der Waals surface area contributed by atoms with Gasteiger partial charge < -0.3 is 9.47 Å². The summed E-state index contributed by atoms with van der Waals surface area (Å²) >= 11 is 0. The van der Waals surface area contributed by atoms with Crippen molar-refractivity contribution in [2.45, 2.75) is 58.0 Å². The van der Waals surface area contributed by atoms with E-state index in [-0.39, 0.29) is 11.8 Å². The van der Waals surface area contributed by atoms with Gasteiger partial charge in [-0.25, -0.2) is 0 Å². The zero-order valence-electron chi connectivity index (χ0n) is 14.4. The lowest BCUT2D eigenvalue weighted by Gasteiger charge is -2.33. The molecule has 24 heavy (non-hydrogen) atoms. The summed E-state index contributed by atoms with van der Waals surface area (Å²) in [6, 6.07) is 8.41. The highest BCUT2D eigenvalue weighted by molar-refractivity contribution is 5.84. The summed E-state index contributed by atoms with van der Waals surface area (Å²) in [6.45, 7) is 6.40. The van der Waals surface area contributed by atoms with Gasteiger partial charge in [0.25, 0.3) is 0 Å². The molecule has 0 radical (unpaired) electrons. The maximum Gasteiger partial charge on any atom is 0.230 e. The van der Waals surface area contributed by atoms with Gasteiger partial charge in [-0.3, -0.25) is 4.79 Å². The standard InChI is InChI=1S/C19H24N4O/c1-13(2)18-21-20-17-12-22(10-11-23(17)18)19(24)16-9-5-7-14-6-3-4-8-15(14)16/h3-4,6,8,13,16H,5,7,9-12H2,1-2H3. The van der Waals surface area contributed by atoms with E-state index in [1.807, 2.05) is 11.0 Å². The average molecular weight is 324 g/mol. The van der Waals surface area contributed by atoms with Gasteiger partial charge in [-0.15, -0.1) is 10.2 Å². The smallest absolute Gasteiger partial charge is 0.230 e. The number of carbonyl (C=O) groups is 1. The Morgan fingerprint density at radius 3 is 2.88 bits per heavy atom. The van der Waals surface area contributed by atoms with Crippen molar-refractivity contribution in [2.24, 2.45) is 0 Å². The van der Waals surface area contributed by atoms with Crippen LogP contribution in [0.2, 0.25) is 0 Å². The molecular formula is C19H24N4O. The molecular weight excluding hydrogens is 300 g/mol. The van der Waals surface area contributed by atoms with Crippen LogP contribution in [0.1, 0.15) is 61.3 Å². The molecule has 4 rings (SSSR count). The highest BCUT2D eigenvalue weighted by atomic mass is 16.2. The Hall–Kier alpha value is -2.17. The molecule has 0 saturated carbocycles. The van der Waals surface area contributed by atoms with Gasteiger partial charge in [-0.05, 0) is 30.4 Å². The fourth-order valence-corrected chi connectivity index (χ4v) is 4.03. The molecule has 1 aliphatic carbocycles. The molecule has 0 fully saturated rings. The largest absolute Gasteiger partial charge is 0.333 e. The SMILES string of the molecule is CC(C)c1nnc2n1CCN(C(=O)C1CCCc3ccccc31)C2. The Morgan fingerprint density at radius 1 is 1.21 bits per heavy atom. The number of benzene rings is 1. The zero-order chi connectivity index (χ0) is 16.7. The van der Waals surface area contributed by atoms with Gasteiger partial charge in [-0.1, -0.05) is 38.1 Å². The molecule has 1 aliphatic heterocycles. The summed E-state index contributed by atoms with van der Waals surface area (Å²) in [5, 5.41) is 8.63. The Bertz CT molecular complexity index is 764. The van der Waals surface area contributed by atoms with E-state index in [2.05, 4.69) is 46.8 Å². The first-order valence-electron chi connectivity index (χ1n) is 8.93. The molecule has 2 aliphatic rings. The van der Waals surface area contributed by atoms with Crippen molar-refractivity contribution >= 4 is 5.91 Å². The summed E-state index contributed by atoms with van der Waals surface area (Å²) < 4.78 is 2.18. The van der Waals surface area contributed by atoms with Crippen molar-refractivity contribution < 1.29 is 4.79 Å². The quantitative estimate of drug-likeness (QED) is 0.853. The summed E-state index contributed by atoms with van der Waals surface area (Å²) in [5.74, 6) is 2.57. The molecule has 0 spiro atoms. The number of carbonyl (C=O) groups excluding carboxylic acids is 1. The van der Waals surface area contributed by atoms with Gasteiger partial charge in [0.15, 0.2) is 5.82 Å². The monoisotopic (exact) mass is 324 g/mol. The number of rotatable bonds is 2. The van der Waals surface area contributed by atoms with Crippen LogP contribution in [0, 0.1) is 0 Å². The second-order valence-corrected chi connectivity index (χ2v) is 7.18. The van der Waals surface area contributed by atoms with Crippen molar-refractivity contribution in [2.75, 3.05) is 6.54 Å². The fraction of sp³-hybridized carbons (Fsp3) is 0.526. The van der Waals surface area contributed by atoms with Crippen LogP contribution in [-0.4, -0.2) is 32.1 Å². The van der Waals surface area contributed by atoms with Crippen molar-refractivity contribution in [1.82, 2.24) is 19.7 Å². The second-order valence-electron chi connectivity index (χ2n) is 7.18. The number of aryl methyl sites for hydroxylation is 1. The summed E-state index contributed by atoms with van der Waals surface area (Å²) in [6.07, 6.45) is 3.14. The lowest BCUT2D eigenvalue weighted by Crippen LogP contribution is -2.42. The predicted octanol–water partition coefficient (Wildman–Crippen LogP) is 2.86. The number of nitrogens with zero attached hydrogens (tertiary/aromatic N) is 4. The number of fused-ring (bicyclic) bond motifs is 2. The molecule has 5 nitrogen and oxygen atoms in total. The maximum atomic E-state index is 13.1. The van der Waals surface area contributed by atoms with E-state index in [0.29, 0.717) is 12.5 Å². The van der Waals surface area contributed by atoms with Gasteiger partial charge in [-0.2, -0.15) is 0 Å². The average Bonchev–Trinajstić information content (AvgIpc) is 3.04. The van der Waals surface area contributed by atoms with E-state index in [0.717, 1.165) is 44.0 Å². The van der Waals surface area contributed by atoms with Crippen molar-refractivity contribution in [1.29, 1.82) is 0 Å². The van der Waals surface area contributed by atoms with E-state index in [4.69, 9.17) is 0 Å². The van der Waals surface area contributed by atoms with Gasteiger partial charge in [0.1, 0.15) is 5.82 Å². The van der Waals surface area contributed by atoms with Crippen LogP contribution in [0.3, 0.4) is 0 Å². The first-order valence-corrected chi connectivity index (χ1v) is 8.93. The molecule has 126 valence electrons. The van der Waals surface area contributed by atoms with Crippen LogP contribution in [0.5, 0.6) is 0 Å². The van der Waals surface area contributed by atoms with E-state index in [9.17, 15) is 4.79 Å². The Kier molecular flexibility index (Phi) is 3.87. The van der Waals surface area contributed by atoms with Crippen molar-refractivity contribution in [3.63, 3.8) is 0 Å². The lowest BCUT2D eigenvalue weighted by atomic mass is 9.82. The fourth-order valence-electron chi connectivity index (χ4n) is 4.03. The zero-order valence-corrected chi connectivity index (χ0v) is 14.4. The Labute approximate surface area is 142 Å². The molecule has 1 unspecified atom stereocenters. The number of amides is 1. The van der Waals surface area contributed by atoms with Gasteiger partial charge in [0.2, 0.25) is 5.91 Å². The number of hydrogen-bond donors (Lipinski definition) is 0. The van der Waals surface area contributed by atoms with Gasteiger partial charge in [0.05, 0.1) is 12.5 Å². The highest BCUT2D eigenvalue weighted by Gasteiger charge is 2.32. The summed E-state index contributed by atoms with van der Waals surface area (Å²) in [7, 11) is 0. The minimum absolute atomic E-state index is 0.00832. The van der Waals surface area contributed by atoms with Crippen molar-refractivity contribution in [3.8, 4) is 0 Å². The van der Waals surface area contributed by atoms with Crippen LogP contribution >= 0.6 is 0 Å². The highest BCUT2D eigenvalue weighted by Crippen LogP contribution is 2.33. The predicted molar refractivity (Wildman–Crippen MR) is 91.6 cm³/mol. The molecule has 1 aromatic heterocycles. The molecule has 5 heteroatoms. The summed E-state index contributed by atoms with van der Waals surface area (Å²) in [5.41, 5.74) is 2.56. The first kappa shape index (κ1) is 15.4. The molecule has 1 aromatic carbocycles. The van der Waals surface area contributed by atoms with Crippen LogP contribution < -0.4 is 0 Å². The van der Waals surface area contributed by atoms with Gasteiger partial charge >= 0.3 is 0 Å². The minimum atomic E-state index is 0.00832. The normalized spacial score (nSPS) is 20.0. The van der Waals surface area contributed by atoms with E-state index >= 15 is 0 Å². The second kappa shape index (κ2) is 6.04. The summed E-state index contributed by atoms with van der Waals surface area (Å²) in [4.78, 5) is 15.1. The lowest BCUT2D eigenvalue weighted by molar-refractivity contribution is -0.134. The van der Waals surface area contributed by atoms with Crippen LogP contribution in [0.4, 0.5) is 0 Å². The maximum absolute atomic E-state index is 13.1. The Morgan fingerprint density at radius 2 is 2.04 bits per heavy atom. The molecule has 2 aromatic rings. The number of hydrogen-bond acceptors (Lipinski definition) is 3. The van der Waals surface area contributed by atoms with Crippen LogP contribution in [-0.2, 0) is 24.3 Å². The third-order valence-corrected chi connectivity index (χ3v) is 5.28. The third kappa shape index (κ3) is 2.52. The topological polar surface area (TPSA) is 51.0 Å². The Balaban J connectivity index is 1.56. The van der Waals surface area contributed by atoms with Crippen LogP contribution in [0.15, 0.2) is 24.3 Å². The molecule has 1 amide bonds. The molecule has 0 N–H and O–H groups in total. The van der Waals surface area contributed by atoms with Crippen LogP contribution in [0.25, 0.3) is 0 Å². The van der Waals surface area contributed by atoms with Crippen molar-refractivity contribution in [3.05, 3.63) is 47.0 Å². The molecule has 0 bridgehead atoms. The van der Waals surface area contributed by atoms with Gasteiger partial charge in [0, 0.05) is 19.0 Å². The van der Waals surface area contributed by atoms with E-state index in [1.165, 1.54) is 11.1 Å². The van der Waals surface area contributed by atoms with E-state index < -0.39 is 0 Å². The first-order chi connectivity index (χ1) is 11.6. The molecule has 0 saturated heterocycles. The number of aromatic nitrogens is 3. The molecule has 1 atom stereocenters. The third-order valence-electron chi connectivity index (χ3n) is 5.28. The van der Waals surface area contributed by atoms with E-state index in [1.54, 1.807) is 0 Å². The minimum Gasteiger partial charge on any atom is -0.333 e.